The van der Waals surface area contributed by atoms with Crippen molar-refractivity contribution in [2.45, 2.75) is 44.6 Å². The van der Waals surface area contributed by atoms with Crippen LogP contribution in [-0.4, -0.2) is 44.5 Å². The fraction of sp³-hybridized carbons (Fsp3) is 0.588. The van der Waals surface area contributed by atoms with Crippen LogP contribution in [0, 0.1) is 0 Å². The van der Waals surface area contributed by atoms with E-state index in [4.69, 9.17) is 0 Å². The van der Waals surface area contributed by atoms with E-state index in [0.29, 0.717) is 18.5 Å². The molecule has 1 aliphatic rings. The van der Waals surface area contributed by atoms with Crippen LogP contribution in [0.25, 0.3) is 0 Å². The molecule has 2 rings (SSSR count). The summed E-state index contributed by atoms with van der Waals surface area (Å²) in [5.41, 5.74) is 1.54. The lowest BCUT2D eigenvalue weighted by Gasteiger charge is -2.22. The van der Waals surface area contributed by atoms with Gasteiger partial charge in [-0.15, -0.1) is 0 Å². The summed E-state index contributed by atoms with van der Waals surface area (Å²) in [5.74, 6) is 1.93. The van der Waals surface area contributed by atoms with Gasteiger partial charge in [0.1, 0.15) is 0 Å². The second-order valence-electron chi connectivity index (χ2n) is 6.51. The monoisotopic (exact) mass is 385 g/mol. The molecule has 0 radical (unpaired) electrons. The Morgan fingerprint density at radius 1 is 1.32 bits per heavy atom. The Morgan fingerprint density at radius 3 is 2.68 bits per heavy atom. The van der Waals surface area contributed by atoms with E-state index in [1.54, 1.807) is 19.9 Å². The van der Waals surface area contributed by atoms with Gasteiger partial charge in [0, 0.05) is 43.1 Å². The normalized spacial score (nSPS) is 18.3. The summed E-state index contributed by atoms with van der Waals surface area (Å²) in [4.78, 5) is 12.1. The Balaban J connectivity index is 1.92. The number of nitrogens with one attached hydrogen (secondary N) is 3. The zero-order valence-corrected chi connectivity index (χ0v) is 16.4. The molecule has 0 bridgehead atoms. The van der Waals surface area contributed by atoms with E-state index in [-0.39, 0.29) is 23.7 Å². The highest BCUT2D eigenvalue weighted by atomic mass is 32.2. The molecule has 140 valence electrons. The summed E-state index contributed by atoms with van der Waals surface area (Å²) in [7, 11) is -3.39. The summed E-state index contributed by atoms with van der Waals surface area (Å²) >= 11 is 1.86. The standard InChI is InChI=1S/C17H27N3O3S2/c1-13(2)20-25(22,23)12-15-6-4-3-5-14(15)10-19-17(21)9-16-11-24-8-7-18-16/h3-6,13,16,18,20H,7-12H2,1-2H3,(H,19,21). The third-order valence-corrected chi connectivity index (χ3v) is 6.44. The number of amides is 1. The third-order valence-electron chi connectivity index (χ3n) is 3.79. The van der Waals surface area contributed by atoms with Gasteiger partial charge < -0.3 is 10.6 Å². The highest BCUT2D eigenvalue weighted by Crippen LogP contribution is 2.13. The second kappa shape index (κ2) is 9.56. The maximum atomic E-state index is 12.2. The van der Waals surface area contributed by atoms with E-state index in [1.165, 1.54) is 0 Å². The van der Waals surface area contributed by atoms with E-state index < -0.39 is 10.0 Å². The van der Waals surface area contributed by atoms with Crippen molar-refractivity contribution in [3.05, 3.63) is 35.4 Å². The minimum atomic E-state index is -3.39. The van der Waals surface area contributed by atoms with Crippen molar-refractivity contribution in [3.8, 4) is 0 Å². The molecular formula is C17H27N3O3S2. The van der Waals surface area contributed by atoms with Gasteiger partial charge in [-0.3, -0.25) is 4.79 Å². The van der Waals surface area contributed by atoms with Gasteiger partial charge in [-0.2, -0.15) is 11.8 Å². The van der Waals surface area contributed by atoms with Gasteiger partial charge in [-0.25, -0.2) is 13.1 Å². The molecule has 6 nitrogen and oxygen atoms in total. The molecule has 1 aliphatic heterocycles. The number of sulfonamides is 1. The predicted molar refractivity (Wildman–Crippen MR) is 103 cm³/mol. The highest BCUT2D eigenvalue weighted by molar-refractivity contribution is 7.99. The fourth-order valence-corrected chi connectivity index (χ4v) is 5.16. The molecule has 8 heteroatoms. The average Bonchev–Trinajstić information content (AvgIpc) is 2.53. The lowest BCUT2D eigenvalue weighted by atomic mass is 10.1. The molecule has 3 N–H and O–H groups in total. The molecule has 0 aliphatic carbocycles. The van der Waals surface area contributed by atoms with Crippen LogP contribution in [0.4, 0.5) is 0 Å². The van der Waals surface area contributed by atoms with Gasteiger partial charge in [-0.1, -0.05) is 24.3 Å². The lowest BCUT2D eigenvalue weighted by Crippen LogP contribution is -2.41. The maximum absolute atomic E-state index is 12.2. The minimum Gasteiger partial charge on any atom is -0.352 e. The van der Waals surface area contributed by atoms with Crippen molar-refractivity contribution < 1.29 is 13.2 Å². The SMILES string of the molecule is CC(C)NS(=O)(=O)Cc1ccccc1CNC(=O)CC1CSCCN1. The first-order valence-corrected chi connectivity index (χ1v) is 11.3. The number of benzene rings is 1. The van der Waals surface area contributed by atoms with Crippen LogP contribution in [0.3, 0.4) is 0 Å². The number of hydrogen-bond acceptors (Lipinski definition) is 5. The van der Waals surface area contributed by atoms with Crippen LogP contribution >= 0.6 is 11.8 Å². The van der Waals surface area contributed by atoms with Gasteiger partial charge in [-0.05, 0) is 25.0 Å². The summed E-state index contributed by atoms with van der Waals surface area (Å²) in [6.07, 6.45) is 0.447. The first-order valence-electron chi connectivity index (χ1n) is 8.50. The average molecular weight is 386 g/mol. The predicted octanol–water partition coefficient (Wildman–Crippen LogP) is 1.23. The smallest absolute Gasteiger partial charge is 0.221 e. The molecule has 1 heterocycles. The first-order chi connectivity index (χ1) is 11.9. The van der Waals surface area contributed by atoms with Crippen molar-refractivity contribution >= 4 is 27.7 Å². The Labute approximate surface area is 154 Å². The molecule has 1 saturated heterocycles. The zero-order valence-electron chi connectivity index (χ0n) is 14.7. The number of carbonyl (C=O) groups is 1. The molecule has 25 heavy (non-hydrogen) atoms. The maximum Gasteiger partial charge on any atom is 0.221 e. The van der Waals surface area contributed by atoms with Crippen LogP contribution in [-0.2, 0) is 27.1 Å². The molecule has 1 amide bonds. The van der Waals surface area contributed by atoms with E-state index in [2.05, 4.69) is 15.4 Å². The molecule has 1 fully saturated rings. The van der Waals surface area contributed by atoms with Crippen LogP contribution in [0.15, 0.2) is 24.3 Å². The molecule has 1 unspecified atom stereocenters. The topological polar surface area (TPSA) is 87.3 Å². The van der Waals surface area contributed by atoms with Gasteiger partial charge in [0.05, 0.1) is 5.75 Å². The highest BCUT2D eigenvalue weighted by Gasteiger charge is 2.18. The quantitative estimate of drug-likeness (QED) is 0.626. The van der Waals surface area contributed by atoms with E-state index >= 15 is 0 Å². The van der Waals surface area contributed by atoms with Gasteiger partial charge in [0.25, 0.3) is 0 Å². The summed E-state index contributed by atoms with van der Waals surface area (Å²) < 4.78 is 26.9. The molecule has 1 atom stereocenters. The summed E-state index contributed by atoms with van der Waals surface area (Å²) in [6, 6.07) is 7.39. The zero-order chi connectivity index (χ0) is 18.3. The van der Waals surface area contributed by atoms with Crippen molar-refractivity contribution in [2.75, 3.05) is 18.1 Å². The number of carbonyl (C=O) groups excluding carboxylic acids is 1. The third kappa shape index (κ3) is 7.35. The second-order valence-corrected chi connectivity index (χ2v) is 9.41. The number of rotatable bonds is 8. The molecule has 1 aromatic carbocycles. The van der Waals surface area contributed by atoms with Crippen molar-refractivity contribution in [1.82, 2.24) is 15.4 Å². The van der Waals surface area contributed by atoms with Crippen LogP contribution in [0.1, 0.15) is 31.4 Å². The van der Waals surface area contributed by atoms with E-state index in [9.17, 15) is 13.2 Å². The van der Waals surface area contributed by atoms with E-state index in [0.717, 1.165) is 23.6 Å². The Bertz CT molecular complexity index is 671. The summed E-state index contributed by atoms with van der Waals surface area (Å²) in [6.45, 7) is 4.86. The van der Waals surface area contributed by atoms with Crippen molar-refractivity contribution in [3.63, 3.8) is 0 Å². The van der Waals surface area contributed by atoms with Gasteiger partial charge >= 0.3 is 0 Å². The minimum absolute atomic E-state index is 0.0158. The Kier molecular flexibility index (Phi) is 7.74. The number of thioether (sulfide) groups is 1. The molecule has 1 aromatic rings. The van der Waals surface area contributed by atoms with Crippen molar-refractivity contribution in [1.29, 1.82) is 0 Å². The Hall–Kier alpha value is -1.09. The van der Waals surface area contributed by atoms with Gasteiger partial charge in [0.2, 0.25) is 15.9 Å². The van der Waals surface area contributed by atoms with Crippen LogP contribution in [0.2, 0.25) is 0 Å². The summed E-state index contributed by atoms with van der Waals surface area (Å²) in [5, 5.41) is 6.25. The van der Waals surface area contributed by atoms with Crippen LogP contribution in [0.5, 0.6) is 0 Å². The van der Waals surface area contributed by atoms with Crippen LogP contribution < -0.4 is 15.4 Å². The van der Waals surface area contributed by atoms with E-state index in [1.807, 2.05) is 30.0 Å². The number of hydrogen-bond donors (Lipinski definition) is 3. The largest absolute Gasteiger partial charge is 0.352 e. The lowest BCUT2D eigenvalue weighted by molar-refractivity contribution is -0.121. The van der Waals surface area contributed by atoms with Crippen molar-refractivity contribution in [2.24, 2.45) is 0 Å². The first kappa shape index (κ1) is 20.2. The molecule has 0 spiro atoms. The van der Waals surface area contributed by atoms with Gasteiger partial charge in [0.15, 0.2) is 0 Å². The molecular weight excluding hydrogens is 358 g/mol. The molecule has 0 saturated carbocycles. The fourth-order valence-electron chi connectivity index (χ4n) is 2.72. The Morgan fingerprint density at radius 2 is 2.04 bits per heavy atom. The molecule has 0 aromatic heterocycles.